The van der Waals surface area contributed by atoms with Gasteiger partial charge in [-0.25, -0.2) is 0 Å². The summed E-state index contributed by atoms with van der Waals surface area (Å²) in [5, 5.41) is 6.55. The van der Waals surface area contributed by atoms with Crippen LogP contribution in [0, 0.1) is 0 Å². The molecule has 0 unspecified atom stereocenters. The minimum atomic E-state index is 0.669. The Morgan fingerprint density at radius 1 is 1.00 bits per heavy atom. The fraction of sp³-hybridized carbons (Fsp3) is 0.316. The molecule has 25 heavy (non-hydrogen) atoms. The number of nitrogens with one attached hydrogen (secondary N) is 2. The van der Waals surface area contributed by atoms with Gasteiger partial charge in [0.1, 0.15) is 0 Å². The maximum atomic E-state index is 5.32. The molecule has 0 aliphatic rings. The molecule has 0 saturated carbocycles. The van der Waals surface area contributed by atoms with Gasteiger partial charge in [-0.2, -0.15) is 0 Å². The van der Waals surface area contributed by atoms with E-state index in [9.17, 15) is 0 Å². The Morgan fingerprint density at radius 2 is 1.68 bits per heavy atom. The van der Waals surface area contributed by atoms with Crippen LogP contribution in [0.15, 0.2) is 47.5 Å². The van der Waals surface area contributed by atoms with Crippen LogP contribution in [0.25, 0.3) is 0 Å². The van der Waals surface area contributed by atoms with Crippen molar-refractivity contribution in [2.45, 2.75) is 6.54 Å². The normalized spacial score (nSPS) is 11.0. The van der Waals surface area contributed by atoms with Crippen molar-refractivity contribution in [1.82, 2.24) is 5.32 Å². The van der Waals surface area contributed by atoms with Crippen LogP contribution < -0.4 is 25.0 Å². The van der Waals surface area contributed by atoms with Gasteiger partial charge in [0, 0.05) is 45.1 Å². The molecular weight excluding hydrogens is 316 g/mol. The molecule has 0 aromatic heterocycles. The standard InChI is InChI=1S/C19H26N4O2/c1-20-19(21-13-14-6-9-16(10-7-14)23(2)3)22-15-8-11-17(24-4)18(12-15)25-5/h6-12H,13H2,1-5H3,(H2,20,21,22). The number of hydrogen-bond donors (Lipinski definition) is 2. The number of rotatable bonds is 6. The lowest BCUT2D eigenvalue weighted by atomic mass is 10.2. The highest BCUT2D eigenvalue weighted by Gasteiger charge is 2.06. The zero-order valence-electron chi connectivity index (χ0n) is 15.5. The summed E-state index contributed by atoms with van der Waals surface area (Å²) in [7, 11) is 9.04. The summed E-state index contributed by atoms with van der Waals surface area (Å²) >= 11 is 0. The van der Waals surface area contributed by atoms with Crippen molar-refractivity contribution in [2.75, 3.05) is 45.6 Å². The average molecular weight is 342 g/mol. The first-order valence-electron chi connectivity index (χ1n) is 8.03. The molecule has 0 aliphatic heterocycles. The van der Waals surface area contributed by atoms with Crippen LogP contribution in [0.1, 0.15) is 5.56 Å². The Kier molecular flexibility index (Phi) is 6.51. The lowest BCUT2D eigenvalue weighted by Gasteiger charge is -2.15. The molecule has 0 radical (unpaired) electrons. The molecule has 0 amide bonds. The van der Waals surface area contributed by atoms with Gasteiger partial charge in [-0.3, -0.25) is 4.99 Å². The summed E-state index contributed by atoms with van der Waals surface area (Å²) in [6.07, 6.45) is 0. The molecule has 0 heterocycles. The van der Waals surface area contributed by atoms with E-state index >= 15 is 0 Å². The lowest BCUT2D eigenvalue weighted by molar-refractivity contribution is 0.355. The topological polar surface area (TPSA) is 58.1 Å². The van der Waals surface area contributed by atoms with E-state index in [0.717, 1.165) is 5.69 Å². The smallest absolute Gasteiger partial charge is 0.195 e. The monoisotopic (exact) mass is 342 g/mol. The van der Waals surface area contributed by atoms with E-state index in [1.54, 1.807) is 21.3 Å². The number of ether oxygens (including phenoxy) is 2. The third kappa shape index (κ3) is 5.04. The Labute approximate surface area is 149 Å². The average Bonchev–Trinajstić information content (AvgIpc) is 2.65. The molecular formula is C19H26N4O2. The second-order valence-corrected chi connectivity index (χ2v) is 5.68. The molecule has 0 saturated heterocycles. The number of methoxy groups -OCH3 is 2. The van der Waals surface area contributed by atoms with E-state index in [0.29, 0.717) is 24.0 Å². The Balaban J connectivity index is 1.99. The van der Waals surface area contributed by atoms with Crippen molar-refractivity contribution < 1.29 is 9.47 Å². The molecule has 2 aromatic rings. The van der Waals surface area contributed by atoms with Gasteiger partial charge in [-0.05, 0) is 29.8 Å². The Hall–Kier alpha value is -2.89. The molecule has 6 heteroatoms. The van der Waals surface area contributed by atoms with Crippen LogP contribution in [-0.2, 0) is 6.54 Å². The summed E-state index contributed by atoms with van der Waals surface area (Å²) in [6, 6.07) is 14.0. The second-order valence-electron chi connectivity index (χ2n) is 5.68. The Morgan fingerprint density at radius 3 is 2.24 bits per heavy atom. The quantitative estimate of drug-likeness (QED) is 0.624. The molecule has 6 nitrogen and oxygen atoms in total. The van der Waals surface area contributed by atoms with Gasteiger partial charge in [0.25, 0.3) is 0 Å². The number of aliphatic imine (C=N–C) groups is 1. The van der Waals surface area contributed by atoms with Crippen molar-refractivity contribution in [3.05, 3.63) is 48.0 Å². The summed E-state index contributed by atoms with van der Waals surface area (Å²) in [5.74, 6) is 2.04. The van der Waals surface area contributed by atoms with Gasteiger partial charge >= 0.3 is 0 Å². The minimum Gasteiger partial charge on any atom is -0.493 e. The lowest BCUT2D eigenvalue weighted by Crippen LogP contribution is -2.30. The number of guanidine groups is 1. The van der Waals surface area contributed by atoms with Crippen molar-refractivity contribution in [2.24, 2.45) is 4.99 Å². The molecule has 0 bridgehead atoms. The summed E-state index contributed by atoms with van der Waals surface area (Å²) in [6.45, 7) is 0.681. The van der Waals surface area contributed by atoms with E-state index < -0.39 is 0 Å². The highest BCUT2D eigenvalue weighted by molar-refractivity contribution is 5.93. The van der Waals surface area contributed by atoms with Gasteiger partial charge in [0.05, 0.1) is 14.2 Å². The molecule has 0 fully saturated rings. The second kappa shape index (κ2) is 8.82. The summed E-state index contributed by atoms with van der Waals surface area (Å²) in [4.78, 5) is 6.33. The fourth-order valence-corrected chi connectivity index (χ4v) is 2.33. The Bertz CT molecular complexity index is 712. The van der Waals surface area contributed by atoms with E-state index in [2.05, 4.69) is 44.8 Å². The van der Waals surface area contributed by atoms with Gasteiger partial charge in [0.15, 0.2) is 17.5 Å². The van der Waals surface area contributed by atoms with E-state index in [-0.39, 0.29) is 0 Å². The predicted octanol–water partition coefficient (Wildman–Crippen LogP) is 2.96. The predicted molar refractivity (Wildman–Crippen MR) is 104 cm³/mol. The van der Waals surface area contributed by atoms with Crippen molar-refractivity contribution >= 4 is 17.3 Å². The third-order valence-corrected chi connectivity index (χ3v) is 3.78. The van der Waals surface area contributed by atoms with E-state index in [1.807, 2.05) is 32.3 Å². The van der Waals surface area contributed by atoms with Gasteiger partial charge in [-0.1, -0.05) is 12.1 Å². The van der Waals surface area contributed by atoms with Crippen LogP contribution in [-0.4, -0.2) is 41.3 Å². The van der Waals surface area contributed by atoms with Crippen molar-refractivity contribution in [3.63, 3.8) is 0 Å². The first kappa shape index (κ1) is 18.4. The summed E-state index contributed by atoms with van der Waals surface area (Å²) in [5.41, 5.74) is 3.23. The van der Waals surface area contributed by atoms with Crippen LogP contribution in [0.2, 0.25) is 0 Å². The number of benzene rings is 2. The van der Waals surface area contributed by atoms with Crippen LogP contribution in [0.3, 0.4) is 0 Å². The largest absolute Gasteiger partial charge is 0.493 e. The molecule has 0 spiro atoms. The van der Waals surface area contributed by atoms with Gasteiger partial charge in [0.2, 0.25) is 0 Å². The number of anilines is 2. The van der Waals surface area contributed by atoms with E-state index in [1.165, 1.54) is 11.3 Å². The van der Waals surface area contributed by atoms with Crippen molar-refractivity contribution in [3.8, 4) is 11.5 Å². The van der Waals surface area contributed by atoms with Crippen LogP contribution in [0.4, 0.5) is 11.4 Å². The van der Waals surface area contributed by atoms with E-state index in [4.69, 9.17) is 9.47 Å². The molecule has 2 rings (SSSR count). The fourth-order valence-electron chi connectivity index (χ4n) is 2.33. The minimum absolute atomic E-state index is 0.669. The van der Waals surface area contributed by atoms with Crippen molar-refractivity contribution in [1.29, 1.82) is 0 Å². The maximum Gasteiger partial charge on any atom is 0.195 e. The molecule has 0 atom stereocenters. The molecule has 134 valence electrons. The van der Waals surface area contributed by atoms with Gasteiger partial charge < -0.3 is 25.0 Å². The highest BCUT2D eigenvalue weighted by Crippen LogP contribution is 2.29. The SMILES string of the molecule is CN=C(NCc1ccc(N(C)C)cc1)Nc1ccc(OC)c(OC)c1. The molecule has 0 aliphatic carbocycles. The summed E-state index contributed by atoms with van der Waals surface area (Å²) < 4.78 is 10.6. The first-order valence-corrected chi connectivity index (χ1v) is 8.03. The maximum absolute atomic E-state index is 5.32. The van der Waals surface area contributed by atoms with Crippen LogP contribution >= 0.6 is 0 Å². The molecule has 2 N–H and O–H groups in total. The zero-order valence-corrected chi connectivity index (χ0v) is 15.5. The first-order chi connectivity index (χ1) is 12.1. The highest BCUT2D eigenvalue weighted by atomic mass is 16.5. The number of nitrogens with zero attached hydrogens (tertiary/aromatic N) is 2. The third-order valence-electron chi connectivity index (χ3n) is 3.78. The zero-order chi connectivity index (χ0) is 18.2. The van der Waals surface area contributed by atoms with Crippen LogP contribution in [0.5, 0.6) is 11.5 Å². The molecule has 2 aromatic carbocycles. The van der Waals surface area contributed by atoms with Gasteiger partial charge in [-0.15, -0.1) is 0 Å². The number of hydrogen-bond acceptors (Lipinski definition) is 4.